The number of rotatable bonds is 5. The van der Waals surface area contributed by atoms with Crippen LogP contribution in [0.3, 0.4) is 0 Å². The summed E-state index contributed by atoms with van der Waals surface area (Å²) < 4.78 is 16.1. The largest absolute Gasteiger partial charge is 0.393 e. The summed E-state index contributed by atoms with van der Waals surface area (Å²) in [6.45, 7) is 3.18. The average molecular weight is 256 g/mol. The normalized spacial score (nSPS) is 20.8. The molecule has 1 aromatic heterocycles. The van der Waals surface area contributed by atoms with Crippen LogP contribution < -0.4 is 0 Å². The highest BCUT2D eigenvalue weighted by atomic mass is 16.5. The molecule has 2 heterocycles. The summed E-state index contributed by atoms with van der Waals surface area (Å²) in [6.07, 6.45) is 2.06. The van der Waals surface area contributed by atoms with Gasteiger partial charge in [0.15, 0.2) is 0 Å². The third-order valence-corrected chi connectivity index (χ3v) is 3.45. The lowest BCUT2D eigenvalue weighted by molar-refractivity contribution is -0.101. The van der Waals surface area contributed by atoms with Crippen LogP contribution in [0.4, 0.5) is 0 Å². The van der Waals surface area contributed by atoms with Gasteiger partial charge in [-0.05, 0) is 6.42 Å². The van der Waals surface area contributed by atoms with Crippen molar-refractivity contribution >= 4 is 0 Å². The monoisotopic (exact) mass is 256 g/mol. The molecule has 18 heavy (non-hydrogen) atoms. The van der Waals surface area contributed by atoms with Gasteiger partial charge >= 0.3 is 0 Å². The van der Waals surface area contributed by atoms with Crippen molar-refractivity contribution in [2.45, 2.75) is 44.3 Å². The maximum Gasteiger partial charge on any atom is 0.229 e. The highest BCUT2D eigenvalue weighted by Gasteiger charge is 2.39. The third-order valence-electron chi connectivity index (χ3n) is 3.45. The fourth-order valence-corrected chi connectivity index (χ4v) is 2.09. The van der Waals surface area contributed by atoms with Gasteiger partial charge in [0.2, 0.25) is 11.7 Å². The Kier molecular flexibility index (Phi) is 4.31. The molecule has 1 aliphatic rings. The Balaban J connectivity index is 2.12. The van der Waals surface area contributed by atoms with Crippen molar-refractivity contribution in [3.8, 4) is 0 Å². The summed E-state index contributed by atoms with van der Waals surface area (Å²) in [4.78, 5) is 4.35. The summed E-state index contributed by atoms with van der Waals surface area (Å²) in [5.74, 6) is 1.02. The standard InChI is InChI=1S/C12H20N2O4/c1-3-9(15)8-10-13-11(14-18-10)12(16-2)4-6-17-7-5-12/h9,15H,3-8H2,1-2H3. The van der Waals surface area contributed by atoms with E-state index in [4.69, 9.17) is 14.0 Å². The van der Waals surface area contributed by atoms with Crippen molar-refractivity contribution in [3.05, 3.63) is 11.7 Å². The third kappa shape index (κ3) is 2.71. The van der Waals surface area contributed by atoms with Gasteiger partial charge in [0.25, 0.3) is 0 Å². The van der Waals surface area contributed by atoms with Crippen LogP contribution in [0, 0.1) is 0 Å². The second kappa shape index (κ2) is 5.77. The number of aliphatic hydroxyl groups excluding tert-OH is 1. The van der Waals surface area contributed by atoms with E-state index < -0.39 is 11.7 Å². The molecule has 0 bridgehead atoms. The Bertz CT molecular complexity index is 374. The fourth-order valence-electron chi connectivity index (χ4n) is 2.09. The molecule has 6 heteroatoms. The van der Waals surface area contributed by atoms with E-state index in [0.29, 0.717) is 37.8 Å². The molecule has 1 atom stereocenters. The number of nitrogens with zero attached hydrogens (tertiary/aromatic N) is 2. The summed E-state index contributed by atoms with van der Waals surface area (Å²) in [5.41, 5.74) is -0.503. The van der Waals surface area contributed by atoms with Gasteiger partial charge in [0.05, 0.1) is 12.5 Å². The molecule has 1 unspecified atom stereocenters. The van der Waals surface area contributed by atoms with E-state index in [1.807, 2.05) is 6.92 Å². The molecule has 0 amide bonds. The smallest absolute Gasteiger partial charge is 0.229 e. The maximum atomic E-state index is 9.57. The van der Waals surface area contributed by atoms with Gasteiger partial charge in [-0.1, -0.05) is 12.1 Å². The minimum absolute atomic E-state index is 0.389. The molecule has 1 fully saturated rings. The summed E-state index contributed by atoms with van der Waals surface area (Å²) in [5, 5.41) is 13.6. The Hall–Kier alpha value is -0.980. The van der Waals surface area contributed by atoms with E-state index in [1.54, 1.807) is 7.11 Å². The van der Waals surface area contributed by atoms with Gasteiger partial charge in [-0.3, -0.25) is 0 Å². The predicted molar refractivity (Wildman–Crippen MR) is 63.0 cm³/mol. The van der Waals surface area contributed by atoms with Crippen LogP contribution in [0.2, 0.25) is 0 Å². The number of aromatic nitrogens is 2. The number of hydrogen-bond donors (Lipinski definition) is 1. The van der Waals surface area contributed by atoms with Gasteiger partial charge in [-0.2, -0.15) is 4.98 Å². The van der Waals surface area contributed by atoms with E-state index >= 15 is 0 Å². The van der Waals surface area contributed by atoms with Gasteiger partial charge in [0, 0.05) is 33.2 Å². The first-order valence-electron chi connectivity index (χ1n) is 6.34. The zero-order valence-electron chi connectivity index (χ0n) is 10.9. The zero-order chi connectivity index (χ0) is 13.0. The van der Waals surface area contributed by atoms with Crippen molar-refractivity contribution in [2.75, 3.05) is 20.3 Å². The lowest BCUT2D eigenvalue weighted by atomic mass is 9.93. The highest BCUT2D eigenvalue weighted by molar-refractivity contribution is 5.03. The minimum atomic E-state index is -0.503. The van der Waals surface area contributed by atoms with E-state index in [9.17, 15) is 5.11 Å². The van der Waals surface area contributed by atoms with E-state index in [1.165, 1.54) is 0 Å². The molecule has 6 nitrogen and oxygen atoms in total. The summed E-state index contributed by atoms with van der Waals surface area (Å²) in [6, 6.07) is 0. The molecule has 1 aliphatic heterocycles. The lowest BCUT2D eigenvalue weighted by Crippen LogP contribution is -2.36. The van der Waals surface area contributed by atoms with Gasteiger partial charge in [-0.25, -0.2) is 0 Å². The van der Waals surface area contributed by atoms with Gasteiger partial charge < -0.3 is 19.1 Å². The van der Waals surface area contributed by atoms with Crippen LogP contribution in [-0.4, -0.2) is 41.7 Å². The Labute approximate surface area is 106 Å². The molecule has 0 spiro atoms. The molecule has 1 aromatic rings. The van der Waals surface area contributed by atoms with E-state index in [-0.39, 0.29) is 0 Å². The average Bonchev–Trinajstić information content (AvgIpc) is 2.88. The molecule has 2 rings (SSSR count). The number of methoxy groups -OCH3 is 1. The number of aliphatic hydroxyl groups is 1. The van der Waals surface area contributed by atoms with E-state index in [2.05, 4.69) is 10.1 Å². The van der Waals surface area contributed by atoms with Crippen molar-refractivity contribution < 1.29 is 19.1 Å². The van der Waals surface area contributed by atoms with Crippen molar-refractivity contribution in [1.82, 2.24) is 10.1 Å². The molecule has 1 N–H and O–H groups in total. The van der Waals surface area contributed by atoms with Crippen LogP contribution in [0.15, 0.2) is 4.52 Å². The molecule has 0 saturated carbocycles. The van der Waals surface area contributed by atoms with Gasteiger partial charge in [0.1, 0.15) is 5.60 Å². The molecule has 102 valence electrons. The summed E-state index contributed by atoms with van der Waals surface area (Å²) >= 11 is 0. The maximum absolute atomic E-state index is 9.57. The Morgan fingerprint density at radius 1 is 1.44 bits per heavy atom. The van der Waals surface area contributed by atoms with Crippen LogP contribution in [0.1, 0.15) is 37.9 Å². The first-order valence-corrected chi connectivity index (χ1v) is 6.34. The zero-order valence-corrected chi connectivity index (χ0v) is 10.9. The van der Waals surface area contributed by atoms with Crippen LogP contribution >= 0.6 is 0 Å². The molecule has 0 radical (unpaired) electrons. The molecular formula is C12H20N2O4. The molecule has 0 aliphatic carbocycles. The van der Waals surface area contributed by atoms with Crippen molar-refractivity contribution in [1.29, 1.82) is 0 Å². The number of hydrogen-bond acceptors (Lipinski definition) is 6. The molecule has 1 saturated heterocycles. The SMILES string of the molecule is CCC(O)Cc1nc(C2(OC)CCOCC2)no1. The second-order valence-corrected chi connectivity index (χ2v) is 4.59. The Morgan fingerprint density at radius 3 is 2.78 bits per heavy atom. The first kappa shape index (κ1) is 13.5. The summed E-state index contributed by atoms with van der Waals surface area (Å²) in [7, 11) is 1.66. The molecule has 0 aromatic carbocycles. The van der Waals surface area contributed by atoms with Crippen LogP contribution in [-0.2, 0) is 21.5 Å². The van der Waals surface area contributed by atoms with Crippen molar-refractivity contribution in [3.63, 3.8) is 0 Å². The Morgan fingerprint density at radius 2 is 2.17 bits per heavy atom. The van der Waals surface area contributed by atoms with Crippen molar-refractivity contribution in [2.24, 2.45) is 0 Å². The quantitative estimate of drug-likeness (QED) is 0.848. The van der Waals surface area contributed by atoms with Crippen LogP contribution in [0.5, 0.6) is 0 Å². The number of ether oxygens (including phenoxy) is 2. The highest BCUT2D eigenvalue weighted by Crippen LogP contribution is 2.33. The predicted octanol–water partition coefficient (Wildman–Crippen LogP) is 1.04. The lowest BCUT2D eigenvalue weighted by Gasteiger charge is -2.32. The van der Waals surface area contributed by atoms with Crippen LogP contribution in [0.25, 0.3) is 0 Å². The minimum Gasteiger partial charge on any atom is -0.393 e. The first-order chi connectivity index (χ1) is 8.70. The topological polar surface area (TPSA) is 77.6 Å². The molecular weight excluding hydrogens is 236 g/mol. The second-order valence-electron chi connectivity index (χ2n) is 4.59. The van der Waals surface area contributed by atoms with Gasteiger partial charge in [-0.15, -0.1) is 0 Å². The van der Waals surface area contributed by atoms with E-state index in [0.717, 1.165) is 12.8 Å². The fraction of sp³-hybridized carbons (Fsp3) is 0.833.